The molecule has 9 nitrogen and oxygen atoms in total. The van der Waals surface area contributed by atoms with Crippen molar-refractivity contribution in [3.05, 3.63) is 35.3 Å². The summed E-state index contributed by atoms with van der Waals surface area (Å²) >= 11 is 0. The zero-order chi connectivity index (χ0) is 21.6. The van der Waals surface area contributed by atoms with Crippen LogP contribution >= 0.6 is 0 Å². The number of pyridine rings is 1. The normalized spacial score (nSPS) is 10.9. The van der Waals surface area contributed by atoms with Gasteiger partial charge in [0.15, 0.2) is 11.5 Å². The second-order valence-electron chi connectivity index (χ2n) is 7.15. The van der Waals surface area contributed by atoms with Crippen molar-refractivity contribution >= 4 is 18.1 Å². The number of aliphatic hydroxyl groups is 1. The van der Waals surface area contributed by atoms with Crippen molar-refractivity contribution in [1.29, 1.82) is 0 Å². The fraction of sp³-hybridized carbons (Fsp3) is 0.500. The van der Waals surface area contributed by atoms with Gasteiger partial charge in [-0.1, -0.05) is 6.07 Å². The molecular weight excluding hydrogens is 374 g/mol. The fourth-order valence-corrected chi connectivity index (χ4v) is 2.74. The SMILES string of the molecule is Cc1ccc(Cn2c(OC(C)C)nc(N(C)C=O)c2C(=O)N(C)CCCO)cn1. The van der Waals surface area contributed by atoms with Gasteiger partial charge in [-0.25, -0.2) is 0 Å². The molecule has 0 saturated heterocycles. The van der Waals surface area contributed by atoms with E-state index in [1.807, 2.05) is 32.9 Å². The number of aliphatic hydroxyl groups excluding tert-OH is 1. The molecule has 0 aliphatic heterocycles. The van der Waals surface area contributed by atoms with E-state index in [1.165, 1.54) is 16.8 Å². The number of nitrogens with zero attached hydrogens (tertiary/aromatic N) is 5. The molecule has 0 saturated carbocycles. The Morgan fingerprint density at radius 2 is 2.07 bits per heavy atom. The molecule has 2 rings (SSSR count). The molecule has 0 unspecified atom stereocenters. The van der Waals surface area contributed by atoms with Crippen molar-refractivity contribution in [2.24, 2.45) is 0 Å². The minimum atomic E-state index is -0.312. The number of amides is 2. The van der Waals surface area contributed by atoms with Crippen LogP contribution in [-0.2, 0) is 11.3 Å². The van der Waals surface area contributed by atoms with Crippen molar-refractivity contribution < 1.29 is 19.4 Å². The number of aryl methyl sites for hydroxylation is 1. The standard InChI is InChI=1S/C20H29N5O4/c1-14(2)29-20-22-18(24(5)13-27)17(19(28)23(4)9-6-10-26)25(20)12-16-8-7-15(3)21-11-16/h7-8,11,13-14,26H,6,9-10,12H2,1-5H3. The smallest absolute Gasteiger partial charge is 0.299 e. The summed E-state index contributed by atoms with van der Waals surface area (Å²) in [5.74, 6) is -0.0927. The van der Waals surface area contributed by atoms with Gasteiger partial charge in [0, 0.05) is 39.1 Å². The zero-order valence-corrected chi connectivity index (χ0v) is 17.6. The summed E-state index contributed by atoms with van der Waals surface area (Å²) in [4.78, 5) is 36.2. The van der Waals surface area contributed by atoms with Gasteiger partial charge in [0.05, 0.1) is 12.6 Å². The molecule has 0 aromatic carbocycles. The lowest BCUT2D eigenvalue weighted by molar-refractivity contribution is -0.107. The third kappa shape index (κ3) is 5.54. The topological polar surface area (TPSA) is 101 Å². The lowest BCUT2D eigenvalue weighted by atomic mass is 10.2. The molecule has 0 aliphatic rings. The molecule has 9 heteroatoms. The Balaban J connectivity index is 2.58. The Hall–Kier alpha value is -2.94. The van der Waals surface area contributed by atoms with Gasteiger partial charge in [-0.3, -0.25) is 19.1 Å². The van der Waals surface area contributed by atoms with E-state index in [4.69, 9.17) is 9.84 Å². The molecule has 2 heterocycles. The van der Waals surface area contributed by atoms with Crippen molar-refractivity contribution in [1.82, 2.24) is 19.4 Å². The molecule has 0 atom stereocenters. The van der Waals surface area contributed by atoms with Gasteiger partial charge >= 0.3 is 0 Å². The summed E-state index contributed by atoms with van der Waals surface area (Å²) in [5, 5.41) is 9.09. The first-order chi connectivity index (χ1) is 13.8. The number of anilines is 1. The lowest BCUT2D eigenvalue weighted by Gasteiger charge is -2.20. The first-order valence-electron chi connectivity index (χ1n) is 9.51. The Bertz CT molecular complexity index is 832. The molecule has 2 aromatic rings. The number of hydrogen-bond acceptors (Lipinski definition) is 6. The maximum Gasteiger partial charge on any atom is 0.299 e. The van der Waals surface area contributed by atoms with Crippen LogP contribution in [0.1, 0.15) is 42.0 Å². The molecule has 0 bridgehead atoms. The molecular formula is C20H29N5O4. The summed E-state index contributed by atoms with van der Waals surface area (Å²) in [6.07, 6.45) is 2.62. The maximum absolute atomic E-state index is 13.2. The van der Waals surface area contributed by atoms with Crippen molar-refractivity contribution in [2.45, 2.75) is 39.8 Å². The van der Waals surface area contributed by atoms with E-state index in [9.17, 15) is 9.59 Å². The van der Waals surface area contributed by atoms with Crippen molar-refractivity contribution in [3.8, 4) is 6.01 Å². The predicted molar refractivity (Wildman–Crippen MR) is 109 cm³/mol. The molecule has 0 spiro atoms. The molecule has 0 aliphatic carbocycles. The summed E-state index contributed by atoms with van der Waals surface area (Å²) < 4.78 is 7.51. The van der Waals surface area contributed by atoms with E-state index >= 15 is 0 Å². The third-order valence-corrected chi connectivity index (χ3v) is 4.26. The van der Waals surface area contributed by atoms with Crippen LogP contribution in [0.15, 0.2) is 18.3 Å². The number of rotatable bonds is 10. The second kappa shape index (κ2) is 10.0. The van der Waals surface area contributed by atoms with E-state index in [2.05, 4.69) is 9.97 Å². The second-order valence-corrected chi connectivity index (χ2v) is 7.15. The van der Waals surface area contributed by atoms with Crippen LogP contribution in [0.5, 0.6) is 6.01 Å². The van der Waals surface area contributed by atoms with E-state index in [-0.39, 0.29) is 36.1 Å². The Morgan fingerprint density at radius 1 is 1.34 bits per heavy atom. The summed E-state index contributed by atoms with van der Waals surface area (Å²) in [5.41, 5.74) is 2.00. The van der Waals surface area contributed by atoms with Crippen LogP contribution in [0.25, 0.3) is 0 Å². The highest BCUT2D eigenvalue weighted by atomic mass is 16.5. The van der Waals surface area contributed by atoms with Crippen LogP contribution in [0, 0.1) is 6.92 Å². The average Bonchev–Trinajstić information content (AvgIpc) is 3.03. The summed E-state index contributed by atoms with van der Waals surface area (Å²) in [7, 11) is 3.19. The van der Waals surface area contributed by atoms with Gasteiger partial charge < -0.3 is 19.6 Å². The number of aromatic nitrogens is 3. The summed E-state index contributed by atoms with van der Waals surface area (Å²) in [6.45, 7) is 6.29. The Kier molecular flexibility index (Phi) is 7.72. The van der Waals surface area contributed by atoms with Crippen LogP contribution in [0.4, 0.5) is 5.82 Å². The van der Waals surface area contributed by atoms with E-state index in [1.54, 1.807) is 17.8 Å². The lowest BCUT2D eigenvalue weighted by Crippen LogP contribution is -2.32. The van der Waals surface area contributed by atoms with Crippen LogP contribution in [-0.4, -0.2) is 70.2 Å². The Labute approximate surface area is 170 Å². The molecule has 0 radical (unpaired) electrons. The van der Waals surface area contributed by atoms with E-state index in [0.717, 1.165) is 11.3 Å². The van der Waals surface area contributed by atoms with Gasteiger partial charge in [-0.2, -0.15) is 4.98 Å². The minimum Gasteiger partial charge on any atom is -0.462 e. The van der Waals surface area contributed by atoms with E-state index < -0.39 is 0 Å². The first-order valence-corrected chi connectivity index (χ1v) is 9.51. The quantitative estimate of drug-likeness (QED) is 0.603. The van der Waals surface area contributed by atoms with Crippen LogP contribution in [0.2, 0.25) is 0 Å². The molecule has 1 N–H and O–H groups in total. The Morgan fingerprint density at radius 3 is 2.62 bits per heavy atom. The van der Waals surface area contributed by atoms with Gasteiger partial charge in [0.25, 0.3) is 11.9 Å². The number of carbonyl (C=O) groups excluding carboxylic acids is 2. The highest BCUT2D eigenvalue weighted by Crippen LogP contribution is 2.28. The maximum atomic E-state index is 13.2. The minimum absolute atomic E-state index is 0.0191. The molecule has 0 fully saturated rings. The van der Waals surface area contributed by atoms with Crippen LogP contribution < -0.4 is 9.64 Å². The third-order valence-electron chi connectivity index (χ3n) is 4.26. The molecule has 158 valence electrons. The van der Waals surface area contributed by atoms with Gasteiger partial charge in [-0.05, 0) is 38.8 Å². The first kappa shape index (κ1) is 22.4. The highest BCUT2D eigenvalue weighted by molar-refractivity contribution is 5.99. The van der Waals surface area contributed by atoms with Gasteiger partial charge in [0.1, 0.15) is 0 Å². The van der Waals surface area contributed by atoms with E-state index in [0.29, 0.717) is 25.9 Å². The van der Waals surface area contributed by atoms with Gasteiger partial charge in [-0.15, -0.1) is 0 Å². The number of carbonyl (C=O) groups is 2. The number of imidazole rings is 1. The average molecular weight is 403 g/mol. The number of ether oxygens (including phenoxy) is 1. The predicted octanol–water partition coefficient (Wildman–Crippen LogP) is 1.47. The zero-order valence-electron chi connectivity index (χ0n) is 17.6. The van der Waals surface area contributed by atoms with Crippen LogP contribution in [0.3, 0.4) is 0 Å². The highest BCUT2D eigenvalue weighted by Gasteiger charge is 2.29. The molecule has 2 aromatic heterocycles. The fourth-order valence-electron chi connectivity index (χ4n) is 2.74. The molecule has 2 amide bonds. The molecule has 29 heavy (non-hydrogen) atoms. The van der Waals surface area contributed by atoms with Crippen molar-refractivity contribution in [2.75, 3.05) is 32.1 Å². The number of hydrogen-bond donors (Lipinski definition) is 1. The summed E-state index contributed by atoms with van der Waals surface area (Å²) in [6, 6.07) is 4.07. The largest absolute Gasteiger partial charge is 0.462 e. The van der Waals surface area contributed by atoms with Gasteiger partial charge in [0.2, 0.25) is 6.41 Å². The monoisotopic (exact) mass is 403 g/mol. The van der Waals surface area contributed by atoms with Crippen molar-refractivity contribution in [3.63, 3.8) is 0 Å².